The number of ether oxygens (including phenoxy) is 4. The van der Waals surface area contributed by atoms with E-state index in [0.29, 0.717) is 26.2 Å². The molecule has 0 radical (unpaired) electrons. The molecule has 0 aliphatic carbocycles. The molecule has 0 aliphatic heterocycles. The second-order valence-corrected chi connectivity index (χ2v) is 3.47. The summed E-state index contributed by atoms with van der Waals surface area (Å²) in [6, 6.07) is 0. The zero-order valence-electron chi connectivity index (χ0n) is 12.9. The molecule has 0 aromatic rings. The van der Waals surface area contributed by atoms with Crippen molar-refractivity contribution in [3.63, 3.8) is 0 Å². The Hall–Kier alpha value is -1.89. The van der Waals surface area contributed by atoms with Gasteiger partial charge in [-0.2, -0.15) is 0 Å². The van der Waals surface area contributed by atoms with Gasteiger partial charge < -0.3 is 18.9 Å². The SMILES string of the molecule is C=CC(=O)OCCC(=O)OCC.CCOC(=O)CCOC. The van der Waals surface area contributed by atoms with Crippen LogP contribution in [-0.4, -0.2) is 51.4 Å². The molecule has 0 saturated carbocycles. The molecule has 0 amide bonds. The molecule has 0 saturated heterocycles. The van der Waals surface area contributed by atoms with E-state index in [2.05, 4.69) is 25.5 Å². The molecule has 21 heavy (non-hydrogen) atoms. The van der Waals surface area contributed by atoms with Crippen LogP contribution < -0.4 is 0 Å². The molecule has 0 spiro atoms. The summed E-state index contributed by atoms with van der Waals surface area (Å²) in [6.45, 7) is 7.98. The molecule has 0 aromatic heterocycles. The molecular weight excluding hydrogens is 280 g/mol. The van der Waals surface area contributed by atoms with Crippen LogP contribution in [0.4, 0.5) is 0 Å². The van der Waals surface area contributed by atoms with Crippen LogP contribution >= 0.6 is 0 Å². The summed E-state index contributed by atoms with van der Waals surface area (Å²) in [5.74, 6) is -1.09. The molecule has 122 valence electrons. The molecule has 0 fully saturated rings. The zero-order chi connectivity index (χ0) is 16.5. The maximum atomic E-state index is 10.7. The normalized spacial score (nSPS) is 8.90. The van der Waals surface area contributed by atoms with Crippen molar-refractivity contribution in [3.05, 3.63) is 12.7 Å². The monoisotopic (exact) mass is 304 g/mol. The maximum Gasteiger partial charge on any atom is 0.330 e. The number of hydrogen-bond donors (Lipinski definition) is 0. The first-order chi connectivity index (χ1) is 10.0. The number of hydrogen-bond acceptors (Lipinski definition) is 7. The van der Waals surface area contributed by atoms with Crippen molar-refractivity contribution in [2.24, 2.45) is 0 Å². The van der Waals surface area contributed by atoms with Gasteiger partial charge >= 0.3 is 17.9 Å². The van der Waals surface area contributed by atoms with Crippen molar-refractivity contribution in [1.29, 1.82) is 0 Å². The third-order valence-electron chi connectivity index (χ3n) is 1.84. The highest BCUT2D eigenvalue weighted by molar-refractivity contribution is 5.81. The predicted molar refractivity (Wildman–Crippen MR) is 75.5 cm³/mol. The minimum atomic E-state index is -0.528. The quantitative estimate of drug-likeness (QED) is 0.360. The number of methoxy groups -OCH3 is 1. The lowest BCUT2D eigenvalue weighted by atomic mass is 10.4. The van der Waals surface area contributed by atoms with Crippen LogP contribution in [0.15, 0.2) is 12.7 Å². The number of carbonyl (C=O) groups is 3. The summed E-state index contributed by atoms with van der Waals surface area (Å²) in [5, 5.41) is 0. The molecule has 0 N–H and O–H groups in total. The summed E-state index contributed by atoms with van der Waals surface area (Å²) >= 11 is 0. The van der Waals surface area contributed by atoms with Gasteiger partial charge in [0.25, 0.3) is 0 Å². The van der Waals surface area contributed by atoms with Crippen LogP contribution in [0, 0.1) is 0 Å². The smallest absolute Gasteiger partial charge is 0.330 e. The molecule has 0 heterocycles. The highest BCUT2D eigenvalue weighted by atomic mass is 16.5. The fourth-order valence-corrected chi connectivity index (χ4v) is 0.946. The fourth-order valence-electron chi connectivity index (χ4n) is 0.946. The Morgan fingerprint density at radius 1 is 0.905 bits per heavy atom. The molecule has 0 rings (SSSR count). The van der Waals surface area contributed by atoms with Crippen LogP contribution in [0.3, 0.4) is 0 Å². The lowest BCUT2D eigenvalue weighted by Gasteiger charge is -2.01. The highest BCUT2D eigenvalue weighted by Gasteiger charge is 2.02. The summed E-state index contributed by atoms with van der Waals surface area (Å²) in [7, 11) is 1.55. The van der Waals surface area contributed by atoms with Gasteiger partial charge in [-0.25, -0.2) is 4.79 Å². The highest BCUT2D eigenvalue weighted by Crippen LogP contribution is 1.88. The standard InChI is InChI=1S/C8H12O4.C6H12O3/c1-3-7(9)12-6-5-8(10)11-4-2;1-3-9-6(7)4-5-8-2/h3H,1,4-6H2,2H3;3-5H2,1-2H3. The molecule has 7 heteroatoms. The van der Waals surface area contributed by atoms with Gasteiger partial charge in [-0.3, -0.25) is 9.59 Å². The van der Waals surface area contributed by atoms with Crippen LogP contribution in [0.5, 0.6) is 0 Å². The Labute approximate surface area is 125 Å². The average Bonchev–Trinajstić information content (AvgIpc) is 2.46. The molecule has 0 aromatic carbocycles. The van der Waals surface area contributed by atoms with Gasteiger partial charge in [0.15, 0.2) is 0 Å². The predicted octanol–water partition coefficient (Wildman–Crippen LogP) is 1.25. The Morgan fingerprint density at radius 3 is 1.76 bits per heavy atom. The lowest BCUT2D eigenvalue weighted by molar-refractivity contribution is -0.147. The average molecular weight is 304 g/mol. The van der Waals surface area contributed by atoms with E-state index < -0.39 is 5.97 Å². The molecule has 0 atom stereocenters. The molecule has 0 aliphatic rings. The van der Waals surface area contributed by atoms with Crippen molar-refractivity contribution in [2.45, 2.75) is 26.7 Å². The fraction of sp³-hybridized carbons (Fsp3) is 0.643. The van der Waals surface area contributed by atoms with E-state index in [9.17, 15) is 14.4 Å². The molecule has 0 unspecified atom stereocenters. The first-order valence-electron chi connectivity index (χ1n) is 6.61. The van der Waals surface area contributed by atoms with Crippen molar-refractivity contribution in [1.82, 2.24) is 0 Å². The first kappa shape index (κ1) is 21.4. The first-order valence-corrected chi connectivity index (χ1v) is 6.61. The van der Waals surface area contributed by atoms with Gasteiger partial charge in [0.1, 0.15) is 6.61 Å². The minimum Gasteiger partial charge on any atom is -0.466 e. The molecule has 0 bridgehead atoms. The number of carbonyl (C=O) groups excluding carboxylic acids is 3. The summed E-state index contributed by atoms with van der Waals surface area (Å²) in [5.41, 5.74) is 0. The van der Waals surface area contributed by atoms with E-state index in [1.165, 1.54) is 0 Å². The van der Waals surface area contributed by atoms with Gasteiger partial charge in [0.2, 0.25) is 0 Å². The van der Waals surface area contributed by atoms with Crippen LogP contribution in [0.25, 0.3) is 0 Å². The van der Waals surface area contributed by atoms with Crippen LogP contribution in [-0.2, 0) is 33.3 Å². The van der Waals surface area contributed by atoms with E-state index in [0.717, 1.165) is 6.08 Å². The maximum absolute atomic E-state index is 10.7. The summed E-state index contributed by atoms with van der Waals surface area (Å²) in [4.78, 5) is 31.6. The second kappa shape index (κ2) is 16.2. The zero-order valence-corrected chi connectivity index (χ0v) is 12.9. The Bertz CT molecular complexity index is 312. The topological polar surface area (TPSA) is 88.1 Å². The number of esters is 3. The minimum absolute atomic E-state index is 0.0453. The van der Waals surface area contributed by atoms with Gasteiger partial charge in [0.05, 0.1) is 32.7 Å². The van der Waals surface area contributed by atoms with E-state index in [1.54, 1.807) is 21.0 Å². The summed E-state index contributed by atoms with van der Waals surface area (Å²) < 4.78 is 18.4. The second-order valence-electron chi connectivity index (χ2n) is 3.47. The largest absolute Gasteiger partial charge is 0.466 e. The third kappa shape index (κ3) is 18.1. The van der Waals surface area contributed by atoms with E-state index >= 15 is 0 Å². The Balaban J connectivity index is 0. The van der Waals surface area contributed by atoms with Gasteiger partial charge in [-0.15, -0.1) is 0 Å². The van der Waals surface area contributed by atoms with Gasteiger partial charge in [-0.1, -0.05) is 6.58 Å². The van der Waals surface area contributed by atoms with Gasteiger partial charge in [0, 0.05) is 13.2 Å². The van der Waals surface area contributed by atoms with Crippen LogP contribution in [0.1, 0.15) is 26.7 Å². The van der Waals surface area contributed by atoms with E-state index in [-0.39, 0.29) is 25.0 Å². The lowest BCUT2D eigenvalue weighted by Crippen LogP contribution is -2.10. The van der Waals surface area contributed by atoms with Gasteiger partial charge in [-0.05, 0) is 13.8 Å². The third-order valence-corrected chi connectivity index (χ3v) is 1.84. The molecular formula is C14H24O7. The number of rotatable bonds is 9. The van der Waals surface area contributed by atoms with E-state index in [1.807, 2.05) is 0 Å². The Kier molecular flexibility index (Phi) is 16.5. The molecule has 7 nitrogen and oxygen atoms in total. The summed E-state index contributed by atoms with van der Waals surface area (Å²) in [6.07, 6.45) is 1.49. The Morgan fingerprint density at radius 2 is 1.38 bits per heavy atom. The van der Waals surface area contributed by atoms with Crippen molar-refractivity contribution >= 4 is 17.9 Å². The van der Waals surface area contributed by atoms with Crippen LogP contribution in [0.2, 0.25) is 0 Å². The van der Waals surface area contributed by atoms with Crippen molar-refractivity contribution in [3.8, 4) is 0 Å². The van der Waals surface area contributed by atoms with Crippen molar-refractivity contribution in [2.75, 3.05) is 33.5 Å². The van der Waals surface area contributed by atoms with E-state index in [4.69, 9.17) is 0 Å². The van der Waals surface area contributed by atoms with Crippen molar-refractivity contribution < 1.29 is 33.3 Å².